The number of hydrogen-bond donors (Lipinski definition) is 2. The predicted molar refractivity (Wildman–Crippen MR) is 50.9 cm³/mol. The van der Waals surface area contributed by atoms with Gasteiger partial charge in [0.15, 0.2) is 6.10 Å². The van der Waals surface area contributed by atoms with Crippen molar-refractivity contribution in [1.29, 1.82) is 0 Å². The number of nitro groups is 1. The summed E-state index contributed by atoms with van der Waals surface area (Å²) in [6.07, 6.45) is -3.20. The topological polar surface area (TPSA) is 92.8 Å². The van der Waals surface area contributed by atoms with Gasteiger partial charge >= 0.3 is 6.23 Å². The maximum atomic E-state index is 10.5. The summed E-state index contributed by atoms with van der Waals surface area (Å²) in [5, 5.41) is 28.2. The Bertz CT molecular complexity index is 316. The summed E-state index contributed by atoms with van der Waals surface area (Å²) in [7, 11) is 0. The molecule has 15 heavy (non-hydrogen) atoms. The molecule has 0 aromatic heterocycles. The van der Waals surface area contributed by atoms with E-state index in [2.05, 4.69) is 0 Å². The van der Waals surface area contributed by atoms with Gasteiger partial charge in [-0.1, -0.05) is 18.2 Å². The number of aliphatic hydroxyl groups excluding tert-OH is 2. The van der Waals surface area contributed by atoms with Crippen LogP contribution in [0.25, 0.3) is 0 Å². The number of para-hydroxylation sites is 1. The second-order valence-electron chi connectivity index (χ2n) is 2.86. The molecule has 2 unspecified atom stereocenters. The number of nitrogens with zero attached hydrogens (tertiary/aromatic N) is 1. The van der Waals surface area contributed by atoms with Gasteiger partial charge < -0.3 is 14.9 Å². The van der Waals surface area contributed by atoms with Crippen molar-refractivity contribution < 1.29 is 19.9 Å². The monoisotopic (exact) mass is 213 g/mol. The molecule has 0 amide bonds. The highest BCUT2D eigenvalue weighted by Crippen LogP contribution is 2.12. The summed E-state index contributed by atoms with van der Waals surface area (Å²) in [4.78, 5) is 9.73. The molecule has 0 aliphatic carbocycles. The average molecular weight is 213 g/mol. The number of ether oxygens (including phenoxy) is 1. The molecule has 0 aliphatic heterocycles. The zero-order valence-electron chi connectivity index (χ0n) is 7.81. The van der Waals surface area contributed by atoms with Gasteiger partial charge in [-0.15, -0.1) is 0 Å². The molecular weight excluding hydrogens is 202 g/mol. The summed E-state index contributed by atoms with van der Waals surface area (Å²) in [6, 6.07) is 8.09. The van der Waals surface area contributed by atoms with Crippen LogP contribution < -0.4 is 4.74 Å². The molecule has 82 valence electrons. The SMILES string of the molecule is O=[N+]([O-])C(Oc1ccccc1)C(O)CO. The molecule has 0 fully saturated rings. The Kier molecular flexibility index (Phi) is 4.02. The first-order chi connectivity index (χ1) is 7.15. The van der Waals surface area contributed by atoms with Gasteiger partial charge in [-0.05, 0) is 12.1 Å². The summed E-state index contributed by atoms with van der Waals surface area (Å²) in [6.45, 7) is -0.724. The van der Waals surface area contributed by atoms with E-state index in [4.69, 9.17) is 14.9 Å². The zero-order valence-corrected chi connectivity index (χ0v) is 7.81. The lowest BCUT2D eigenvalue weighted by Gasteiger charge is -2.15. The van der Waals surface area contributed by atoms with Crippen molar-refractivity contribution in [2.24, 2.45) is 0 Å². The largest absolute Gasteiger partial charge is 0.428 e. The van der Waals surface area contributed by atoms with E-state index in [9.17, 15) is 10.1 Å². The fraction of sp³-hybridized carbons (Fsp3) is 0.333. The minimum atomic E-state index is -1.66. The Balaban J connectivity index is 2.71. The molecule has 0 spiro atoms. The van der Waals surface area contributed by atoms with Crippen LogP contribution in [0.5, 0.6) is 5.75 Å². The molecule has 2 atom stereocenters. The van der Waals surface area contributed by atoms with Gasteiger partial charge in [-0.25, -0.2) is 0 Å². The molecule has 1 aromatic rings. The van der Waals surface area contributed by atoms with Gasteiger partial charge in [-0.3, -0.25) is 10.1 Å². The summed E-state index contributed by atoms with van der Waals surface area (Å²) >= 11 is 0. The van der Waals surface area contributed by atoms with Crippen molar-refractivity contribution >= 4 is 0 Å². The van der Waals surface area contributed by atoms with Gasteiger partial charge in [-0.2, -0.15) is 0 Å². The fourth-order valence-electron chi connectivity index (χ4n) is 0.991. The predicted octanol–water partition coefficient (Wildman–Crippen LogP) is 0.0214. The lowest BCUT2D eigenvalue weighted by molar-refractivity contribution is -0.575. The number of aliphatic hydroxyl groups is 2. The van der Waals surface area contributed by atoms with Crippen LogP contribution in [0.15, 0.2) is 30.3 Å². The van der Waals surface area contributed by atoms with Crippen LogP contribution in [0.1, 0.15) is 0 Å². The van der Waals surface area contributed by atoms with E-state index in [1.807, 2.05) is 0 Å². The molecule has 0 radical (unpaired) electrons. The lowest BCUT2D eigenvalue weighted by Crippen LogP contribution is -2.40. The van der Waals surface area contributed by atoms with Crippen LogP contribution in [-0.2, 0) is 0 Å². The molecule has 0 aliphatic rings. The quantitative estimate of drug-likeness (QED) is 0.408. The molecular formula is C9H11NO5. The normalized spacial score (nSPS) is 14.3. The Morgan fingerprint density at radius 3 is 2.47 bits per heavy atom. The van der Waals surface area contributed by atoms with Crippen molar-refractivity contribution in [1.82, 2.24) is 0 Å². The van der Waals surface area contributed by atoms with E-state index in [0.29, 0.717) is 0 Å². The molecule has 0 saturated heterocycles. The van der Waals surface area contributed by atoms with E-state index in [-0.39, 0.29) is 5.75 Å². The van der Waals surface area contributed by atoms with E-state index in [0.717, 1.165) is 0 Å². The van der Waals surface area contributed by atoms with Crippen molar-refractivity contribution in [3.63, 3.8) is 0 Å². The highest BCUT2D eigenvalue weighted by Gasteiger charge is 2.31. The van der Waals surface area contributed by atoms with Gasteiger partial charge in [0.25, 0.3) is 0 Å². The Morgan fingerprint density at radius 1 is 1.40 bits per heavy atom. The standard InChI is InChI=1S/C9H11NO5/c11-6-8(12)9(10(13)14)15-7-4-2-1-3-5-7/h1-5,8-9,11-12H,6H2. The minimum Gasteiger partial charge on any atom is -0.428 e. The summed E-state index contributed by atoms with van der Waals surface area (Å²) < 4.78 is 4.92. The first kappa shape index (κ1) is 11.4. The van der Waals surface area contributed by atoms with Crippen LogP contribution >= 0.6 is 0 Å². The third-order valence-electron chi connectivity index (χ3n) is 1.72. The first-order valence-corrected chi connectivity index (χ1v) is 4.29. The van der Waals surface area contributed by atoms with Crippen LogP contribution in [0.4, 0.5) is 0 Å². The molecule has 6 nitrogen and oxygen atoms in total. The molecule has 2 N–H and O–H groups in total. The number of rotatable bonds is 5. The average Bonchev–Trinajstić information content (AvgIpc) is 2.26. The van der Waals surface area contributed by atoms with E-state index >= 15 is 0 Å². The van der Waals surface area contributed by atoms with Crippen LogP contribution in [0, 0.1) is 10.1 Å². The first-order valence-electron chi connectivity index (χ1n) is 4.29. The highest BCUT2D eigenvalue weighted by atomic mass is 16.7. The molecule has 0 saturated carbocycles. The number of benzene rings is 1. The van der Waals surface area contributed by atoms with Gasteiger partial charge in [0.2, 0.25) is 0 Å². The molecule has 0 bridgehead atoms. The lowest BCUT2D eigenvalue weighted by atomic mass is 10.3. The number of hydrogen-bond acceptors (Lipinski definition) is 5. The van der Waals surface area contributed by atoms with Gasteiger partial charge in [0.05, 0.1) is 11.5 Å². The maximum Gasteiger partial charge on any atom is 0.382 e. The molecule has 1 aromatic carbocycles. The summed E-state index contributed by atoms with van der Waals surface area (Å²) in [5.74, 6) is 0.270. The smallest absolute Gasteiger partial charge is 0.382 e. The minimum absolute atomic E-state index is 0.270. The fourth-order valence-corrected chi connectivity index (χ4v) is 0.991. The molecule has 1 rings (SSSR count). The highest BCUT2D eigenvalue weighted by molar-refractivity contribution is 5.21. The van der Waals surface area contributed by atoms with Gasteiger partial charge in [0.1, 0.15) is 5.75 Å². The third-order valence-corrected chi connectivity index (χ3v) is 1.72. The molecule has 6 heteroatoms. The second kappa shape index (κ2) is 5.28. The van der Waals surface area contributed by atoms with Crippen molar-refractivity contribution in [2.45, 2.75) is 12.3 Å². The van der Waals surface area contributed by atoms with Crippen LogP contribution in [0.2, 0.25) is 0 Å². The Morgan fingerprint density at radius 2 is 2.00 bits per heavy atom. The molecule has 0 heterocycles. The van der Waals surface area contributed by atoms with E-state index in [1.165, 1.54) is 12.1 Å². The van der Waals surface area contributed by atoms with E-state index in [1.54, 1.807) is 18.2 Å². The van der Waals surface area contributed by atoms with Crippen LogP contribution in [0.3, 0.4) is 0 Å². The van der Waals surface area contributed by atoms with Gasteiger partial charge in [0, 0.05) is 0 Å². The Labute approximate surface area is 85.9 Å². The maximum absolute atomic E-state index is 10.5. The van der Waals surface area contributed by atoms with Crippen molar-refractivity contribution in [3.8, 4) is 5.75 Å². The second-order valence-corrected chi connectivity index (χ2v) is 2.86. The van der Waals surface area contributed by atoms with Crippen molar-refractivity contribution in [2.75, 3.05) is 6.61 Å². The Hall–Kier alpha value is -1.66. The summed E-state index contributed by atoms with van der Waals surface area (Å²) in [5.41, 5.74) is 0. The zero-order chi connectivity index (χ0) is 11.3. The van der Waals surface area contributed by atoms with Crippen LogP contribution in [-0.4, -0.2) is 34.1 Å². The van der Waals surface area contributed by atoms with E-state index < -0.39 is 23.9 Å². The van der Waals surface area contributed by atoms with Crippen molar-refractivity contribution in [3.05, 3.63) is 40.4 Å². The third kappa shape index (κ3) is 3.19.